The number of aliphatic hydroxyl groups excluding tert-OH is 7. The molecule has 0 aliphatic heterocycles. The number of esters is 1. The van der Waals surface area contributed by atoms with Gasteiger partial charge in [0.05, 0.1) is 67.3 Å². The lowest BCUT2D eigenvalue weighted by molar-refractivity contribution is -0.331. The fourth-order valence-electron chi connectivity index (χ4n) is 41.8. The monoisotopic (exact) mass is 2020 g/mol. The molecule has 0 aromatic rings. The number of aliphatic hydroxyl groups is 9. The molecule has 0 aromatic carbocycles. The second-order valence-electron chi connectivity index (χ2n) is 56.2. The van der Waals surface area contributed by atoms with Crippen molar-refractivity contribution < 1.29 is 115 Å². The van der Waals surface area contributed by atoms with Crippen molar-refractivity contribution in [2.45, 2.75) is 466 Å². The average molecular weight is 2020 g/mol. The van der Waals surface area contributed by atoms with Crippen LogP contribution in [0.25, 0.3) is 0 Å². The van der Waals surface area contributed by atoms with E-state index in [0.717, 1.165) is 157 Å². The van der Waals surface area contributed by atoms with Gasteiger partial charge in [0.2, 0.25) is 0 Å². The predicted molar refractivity (Wildman–Crippen MR) is 546 cm³/mol. The maximum Gasteiger partial charge on any atom is 0.335 e. The summed E-state index contributed by atoms with van der Waals surface area (Å²) in [6, 6.07) is 0. The standard InChI is InChI=1S/C29H46O3.C27H42O8.C25H40O5.C21H32O5.C20H32O2/c1-18(2)8-7-9-19(3)21-11-12-22-20-10-13-24-28(5,23(20)14-16-27(21,22)4)17-15-25(30)29(24,6)26(31)32;1-14(19(28)7-9-26(4,34)23(32)33)15-6-10-27(35)17-11-20(29)18-12-21(30)22(31)13-24(18,2)16(17)5-8-25(15,27)3;1-24-12-10-16(26)14-15(24)4-5-17-19-7-8-20(25(19,2)13-11-21(17)24)18(23(28)29)6-9-22(27)30-3;1-20-8-7-12(22)9-11(20)3-4-13-14-5-6-15(18(24)19(25)26)21(14,2)10-16(23)17(13)20;1-19-11-4-3-5-13(19)6-7-14-15-8-9-17(18(21)22)20(15,2)12-10-16(14)19/h8,19,21-22,24-25,30H,7,9-17H2,1-6H3,(H,31,32);11,14-16,18-19,21-22,28,30-31,34-35H,5-10,12-13H2,1-4H3,(H,32,33);15-21,26H,4-14H2,1-3H3,(H,28,29);11-17,22-23H,3-10H2,1-2H3,(H,25,26);13-17H,3-12H2,1-2H3,(H,21,22)/p-3/t19-,21-,22?,24+,25+,27-,28-,29+;14-,15+,16?,18-,19+,21+,22-,24+,25+,26?,27+;15-,16+,17?,18-,19?,20-,21?,24+,25+;11-,12-,13?,14?,15-,16+,17?,20+,21+;13-,14?,15?,16?,17+,19-,20-/m10110/s1. The van der Waals surface area contributed by atoms with Crippen LogP contribution >= 0.6 is 0 Å². The Bertz CT molecular complexity index is 4850. The van der Waals surface area contributed by atoms with Gasteiger partial charge >= 0.3 is 17.9 Å². The molecule has 818 valence electrons. The van der Waals surface area contributed by atoms with E-state index in [1.54, 1.807) is 24.1 Å². The van der Waals surface area contributed by atoms with Gasteiger partial charge in [0.25, 0.3) is 0 Å². The topological polar surface area (TPSA) is 438 Å². The predicted octanol–water partition coefficient (Wildman–Crippen LogP) is 17.4. The van der Waals surface area contributed by atoms with Crippen LogP contribution in [-0.2, 0) is 43.1 Å². The Morgan fingerprint density at radius 3 is 1.70 bits per heavy atom. The first kappa shape index (κ1) is 113. The van der Waals surface area contributed by atoms with E-state index in [1.165, 1.54) is 122 Å². The molecule has 23 heteroatoms. The fraction of sp³-hybridized carbons (Fsp3) is 0.885. The van der Waals surface area contributed by atoms with E-state index in [9.17, 15) is 110 Å². The van der Waals surface area contributed by atoms with Crippen molar-refractivity contribution in [2.75, 3.05) is 7.11 Å². The third kappa shape index (κ3) is 19.2. The Labute approximate surface area is 866 Å². The molecule has 12 unspecified atom stereocenters. The van der Waals surface area contributed by atoms with Crippen LogP contribution in [0, 0.1) is 202 Å². The number of Topliss-reactive ketones (excluding diaryl/α,β-unsaturated/α-hetero) is 1. The molecule has 20 rings (SSSR count). The molecule has 20 aliphatic rings. The number of carbonyl (C=O) groups excluding carboxylic acids is 6. The van der Waals surface area contributed by atoms with Gasteiger partial charge in [-0.25, -0.2) is 4.79 Å². The highest BCUT2D eigenvalue weighted by molar-refractivity contribution is 6.32. The van der Waals surface area contributed by atoms with Crippen molar-refractivity contribution in [3.63, 3.8) is 0 Å². The summed E-state index contributed by atoms with van der Waals surface area (Å²) in [5.74, 6) is 0.983. The smallest absolute Gasteiger partial charge is 0.335 e. The van der Waals surface area contributed by atoms with E-state index in [2.05, 4.69) is 75.3 Å². The zero-order valence-electron chi connectivity index (χ0n) is 91.6. The van der Waals surface area contributed by atoms with Gasteiger partial charge in [0, 0.05) is 41.0 Å². The molecule has 17 fully saturated rings. The molecule has 145 heavy (non-hydrogen) atoms. The van der Waals surface area contributed by atoms with Gasteiger partial charge in [-0.15, -0.1) is 0 Å². The van der Waals surface area contributed by atoms with Crippen molar-refractivity contribution in [1.29, 1.82) is 0 Å². The summed E-state index contributed by atoms with van der Waals surface area (Å²) in [5, 5.41) is 150. The molecule has 44 atom stereocenters. The molecule has 0 heterocycles. The molecule has 0 spiro atoms. The van der Waals surface area contributed by atoms with E-state index in [4.69, 9.17) is 4.74 Å². The largest absolute Gasteiger partial charge is 0.550 e. The molecule has 0 amide bonds. The lowest BCUT2D eigenvalue weighted by atomic mass is 9.44. The number of carboxylic acids is 5. The lowest BCUT2D eigenvalue weighted by Gasteiger charge is -2.62. The Kier molecular flexibility index (Phi) is 32.4. The number of carbonyl (C=O) groups is 8. The van der Waals surface area contributed by atoms with Crippen molar-refractivity contribution in [2.24, 2.45) is 202 Å². The first-order chi connectivity index (χ1) is 67.9. The van der Waals surface area contributed by atoms with E-state index in [0.29, 0.717) is 121 Å². The molecule has 0 bridgehead atoms. The average Bonchev–Trinajstić information content (AvgIpc) is 1.61. The summed E-state index contributed by atoms with van der Waals surface area (Å²) in [4.78, 5) is 95.6. The summed E-state index contributed by atoms with van der Waals surface area (Å²) in [6.45, 7) is 34.8. The maximum atomic E-state index is 13.2. The lowest BCUT2D eigenvalue weighted by Crippen LogP contribution is -2.61. The number of ether oxygens (including phenoxy) is 1. The SMILES string of the molecule is CC(C)=CCC[C@@H](C)[C@H]1CCC2C3=C(CC[C@@]21C)[C@@]1(C)CC[C@H](O)[C@@](C)(C(=O)[O-])[C@H]1CC3.COC(=O)CC[C@@H](C(=O)[O-])[C@H]1CCC2C3CC[C@@H]4C[C@@H](O)CC[C@]4(C)C3CC[C@@]21C.C[C@H]([C@H](O)CCC(C)(O)C(=O)O)[C@H]1CC[C@@]2(O)C3=CC(=O)[C@@H]4C[C@@H](O)[C@@H](O)C[C@]4(C)C3CC[C@]12C.C[C@]12CCC3C(CC[C@@H]4CCCC[C@]34C)C1CC[C@@H]2C(=O)O.C[C@]12C[C@H](O)C3C(CC[C@@H]4C[C@H](O)CC[C@]34C)C1CC[C@@H]2C(=O)C(=O)[O-]. The van der Waals surface area contributed by atoms with Crippen LogP contribution in [0.2, 0.25) is 0 Å². The molecular weight excluding hydrogens is 1830 g/mol. The molecule has 0 aromatic heterocycles. The van der Waals surface area contributed by atoms with Gasteiger partial charge in [-0.1, -0.05) is 126 Å². The second-order valence-corrected chi connectivity index (χ2v) is 56.2. The number of aliphatic carboxylic acids is 5. The number of allylic oxidation sites excluding steroid dienone is 5. The Morgan fingerprint density at radius 1 is 0.510 bits per heavy atom. The quantitative estimate of drug-likeness (QED) is 0.0325. The van der Waals surface area contributed by atoms with Gasteiger partial charge in [-0.3, -0.25) is 19.2 Å². The third-order valence-electron chi connectivity index (χ3n) is 50.1. The van der Waals surface area contributed by atoms with Crippen molar-refractivity contribution in [3.8, 4) is 0 Å². The molecule has 0 saturated heterocycles. The van der Waals surface area contributed by atoms with Gasteiger partial charge in [-0.2, -0.15) is 0 Å². The van der Waals surface area contributed by atoms with Crippen LogP contribution in [0.3, 0.4) is 0 Å². The van der Waals surface area contributed by atoms with Gasteiger partial charge in [-0.05, 0) is 482 Å². The van der Waals surface area contributed by atoms with E-state index >= 15 is 0 Å². The highest BCUT2D eigenvalue weighted by Crippen LogP contribution is 2.76. The number of hydrogen-bond donors (Lipinski definition) is 11. The maximum absolute atomic E-state index is 13.2. The molecule has 0 radical (unpaired) electrons. The first-order valence-electron chi connectivity index (χ1n) is 58.4. The summed E-state index contributed by atoms with van der Waals surface area (Å²) in [5.41, 5.74) is 1.01. The highest BCUT2D eigenvalue weighted by Gasteiger charge is 2.71. The number of carboxylic acid groups (broad SMARTS) is 5. The number of ketones is 2. The van der Waals surface area contributed by atoms with E-state index in [-0.39, 0.29) is 119 Å². The van der Waals surface area contributed by atoms with Crippen molar-refractivity contribution in [1.82, 2.24) is 0 Å². The fourth-order valence-corrected chi connectivity index (χ4v) is 41.8. The van der Waals surface area contributed by atoms with Crippen LogP contribution in [0.1, 0.15) is 413 Å². The summed E-state index contributed by atoms with van der Waals surface area (Å²) in [6.07, 6.45) is 43.8. The van der Waals surface area contributed by atoms with Crippen LogP contribution in [0.4, 0.5) is 0 Å². The minimum absolute atomic E-state index is 0.0212. The zero-order chi connectivity index (χ0) is 106. The third-order valence-corrected chi connectivity index (χ3v) is 50.1. The molecular formula is C122H189O23-3. The van der Waals surface area contributed by atoms with Crippen LogP contribution in [0.5, 0.6) is 0 Å². The molecule has 17 saturated carbocycles. The Morgan fingerprint density at radius 2 is 1.08 bits per heavy atom. The summed E-state index contributed by atoms with van der Waals surface area (Å²) < 4.78 is 4.74. The molecule has 23 nitrogen and oxygen atoms in total. The number of methoxy groups -OCH3 is 1. The summed E-state index contributed by atoms with van der Waals surface area (Å²) in [7, 11) is 1.35. The van der Waals surface area contributed by atoms with E-state index < -0.39 is 111 Å². The number of hydrogen-bond acceptors (Lipinski definition) is 21. The van der Waals surface area contributed by atoms with Crippen LogP contribution < -0.4 is 15.3 Å². The Hall–Kier alpha value is -4.98. The minimum Gasteiger partial charge on any atom is -0.550 e. The van der Waals surface area contributed by atoms with Crippen LogP contribution in [0.15, 0.2) is 34.4 Å². The second kappa shape index (κ2) is 41.7. The van der Waals surface area contributed by atoms with E-state index in [1.807, 2.05) is 27.7 Å². The normalized spacial score (nSPS) is 48.4. The number of fused-ring (bicyclic) bond motifs is 24. The van der Waals surface area contributed by atoms with Crippen molar-refractivity contribution >= 4 is 47.4 Å². The first-order valence-corrected chi connectivity index (χ1v) is 58.4. The van der Waals surface area contributed by atoms with Gasteiger partial charge < -0.3 is 90.6 Å². The van der Waals surface area contributed by atoms with Gasteiger partial charge in [0.1, 0.15) is 5.97 Å². The number of rotatable bonds is 19. The van der Waals surface area contributed by atoms with Crippen LogP contribution in [-0.4, -0.2) is 165 Å². The Balaban J connectivity index is 0.000000131. The van der Waals surface area contributed by atoms with Gasteiger partial charge in [0.15, 0.2) is 17.2 Å². The molecule has 20 aliphatic carbocycles. The molecule has 11 N–H and O–H groups in total. The zero-order valence-corrected chi connectivity index (χ0v) is 91.6. The minimum atomic E-state index is -1.91. The highest BCUT2D eigenvalue weighted by atomic mass is 16.5. The van der Waals surface area contributed by atoms with Crippen molar-refractivity contribution in [3.05, 3.63) is 34.4 Å². The summed E-state index contributed by atoms with van der Waals surface area (Å²) >= 11 is 0.